The molecule has 2 aromatic carbocycles. The lowest BCUT2D eigenvalue weighted by atomic mass is 10.2. The highest BCUT2D eigenvalue weighted by Gasteiger charge is 2.08. The highest BCUT2D eigenvalue weighted by molar-refractivity contribution is 6.30. The number of nitrogens with two attached hydrogens (primary N) is 1. The van der Waals surface area contributed by atoms with E-state index in [-0.39, 0.29) is 0 Å². The molecule has 19 heavy (non-hydrogen) atoms. The van der Waals surface area contributed by atoms with Crippen LogP contribution in [0.25, 0.3) is 16.7 Å². The maximum atomic E-state index is 5.86. The molecule has 0 saturated carbocycles. The van der Waals surface area contributed by atoms with Crippen LogP contribution in [0.4, 0.5) is 5.69 Å². The third-order valence-corrected chi connectivity index (χ3v) is 3.04. The van der Waals surface area contributed by atoms with Crippen molar-refractivity contribution in [1.29, 1.82) is 0 Å². The molecule has 5 nitrogen and oxygen atoms in total. The summed E-state index contributed by atoms with van der Waals surface area (Å²) in [6.45, 7) is 0. The van der Waals surface area contributed by atoms with E-state index in [1.54, 1.807) is 36.2 Å². The van der Waals surface area contributed by atoms with Gasteiger partial charge in [-0.05, 0) is 30.3 Å². The van der Waals surface area contributed by atoms with E-state index in [0.29, 0.717) is 22.0 Å². The fraction of sp³-hybridized carbons (Fsp3) is 0.0769. The monoisotopic (exact) mass is 274 g/mol. The average molecular weight is 275 g/mol. The minimum Gasteiger partial charge on any atom is -0.495 e. The molecule has 2 N–H and O–H groups in total. The minimum absolute atomic E-state index is 0.540. The number of methoxy groups -OCH3 is 1. The first kappa shape index (κ1) is 11.8. The second-order valence-corrected chi connectivity index (χ2v) is 4.49. The Hall–Kier alpha value is -2.27. The van der Waals surface area contributed by atoms with Crippen LogP contribution in [0.3, 0.4) is 0 Å². The van der Waals surface area contributed by atoms with Gasteiger partial charge in [0, 0.05) is 11.1 Å². The molecule has 0 fully saturated rings. The number of aromatic nitrogens is 3. The quantitative estimate of drug-likeness (QED) is 0.730. The van der Waals surface area contributed by atoms with E-state index >= 15 is 0 Å². The molecule has 0 spiro atoms. The normalized spacial score (nSPS) is 10.8. The lowest BCUT2D eigenvalue weighted by Gasteiger charge is -2.01. The Bertz CT molecular complexity index is 736. The topological polar surface area (TPSA) is 66.0 Å². The van der Waals surface area contributed by atoms with Crippen LogP contribution >= 0.6 is 11.6 Å². The number of hydrogen-bond acceptors (Lipinski definition) is 4. The van der Waals surface area contributed by atoms with E-state index < -0.39 is 0 Å². The van der Waals surface area contributed by atoms with Crippen molar-refractivity contribution in [2.24, 2.45) is 0 Å². The Morgan fingerprint density at radius 1 is 1.11 bits per heavy atom. The highest BCUT2D eigenvalue weighted by atomic mass is 35.5. The van der Waals surface area contributed by atoms with E-state index in [9.17, 15) is 0 Å². The summed E-state index contributed by atoms with van der Waals surface area (Å²) >= 11 is 5.86. The van der Waals surface area contributed by atoms with Crippen LogP contribution in [0.5, 0.6) is 5.75 Å². The van der Waals surface area contributed by atoms with Gasteiger partial charge < -0.3 is 10.5 Å². The molecule has 3 aromatic rings. The van der Waals surface area contributed by atoms with Crippen molar-refractivity contribution < 1.29 is 4.74 Å². The predicted octanol–water partition coefficient (Wildman–Crippen LogP) is 2.66. The number of nitrogen functional groups attached to an aromatic ring is 1. The zero-order chi connectivity index (χ0) is 13.4. The lowest BCUT2D eigenvalue weighted by Crippen LogP contribution is -1.97. The fourth-order valence-electron chi connectivity index (χ4n) is 1.83. The molecule has 0 saturated heterocycles. The predicted molar refractivity (Wildman–Crippen MR) is 74.8 cm³/mol. The van der Waals surface area contributed by atoms with Crippen molar-refractivity contribution in [2.75, 3.05) is 12.8 Å². The fourth-order valence-corrected chi connectivity index (χ4v) is 1.95. The summed E-state index contributed by atoms with van der Waals surface area (Å²) in [5.41, 5.74) is 8.66. The van der Waals surface area contributed by atoms with Crippen molar-refractivity contribution in [3.8, 4) is 11.4 Å². The second kappa shape index (κ2) is 4.44. The first-order valence-electron chi connectivity index (χ1n) is 5.64. The molecule has 96 valence electrons. The molecular formula is C13H11ClN4O. The molecule has 0 radical (unpaired) electrons. The van der Waals surface area contributed by atoms with Gasteiger partial charge in [-0.15, -0.1) is 10.2 Å². The van der Waals surface area contributed by atoms with Crippen LogP contribution in [-0.4, -0.2) is 22.1 Å². The van der Waals surface area contributed by atoms with Crippen molar-refractivity contribution in [1.82, 2.24) is 15.0 Å². The van der Waals surface area contributed by atoms with Crippen LogP contribution < -0.4 is 10.5 Å². The first-order chi connectivity index (χ1) is 9.17. The standard InChI is InChI=1S/C13H11ClN4O/c1-19-13-7-12-11(6-10(13)15)16-18(17-12)9-4-2-8(14)3-5-9/h2-7H,15H2,1H3. The molecule has 1 aromatic heterocycles. The van der Waals surface area contributed by atoms with Gasteiger partial charge in [0.1, 0.15) is 16.8 Å². The largest absolute Gasteiger partial charge is 0.495 e. The van der Waals surface area contributed by atoms with E-state index in [2.05, 4.69) is 10.2 Å². The third kappa shape index (κ3) is 2.08. The Labute approximate surface area is 114 Å². The van der Waals surface area contributed by atoms with Gasteiger partial charge in [0.15, 0.2) is 0 Å². The summed E-state index contributed by atoms with van der Waals surface area (Å²) in [5, 5.41) is 9.44. The van der Waals surface area contributed by atoms with Gasteiger partial charge in [-0.3, -0.25) is 0 Å². The van der Waals surface area contributed by atoms with Crippen molar-refractivity contribution in [3.63, 3.8) is 0 Å². The van der Waals surface area contributed by atoms with Gasteiger partial charge in [0.05, 0.1) is 18.5 Å². The zero-order valence-electron chi connectivity index (χ0n) is 10.2. The molecule has 3 rings (SSSR count). The van der Waals surface area contributed by atoms with Crippen LogP contribution in [-0.2, 0) is 0 Å². The first-order valence-corrected chi connectivity index (χ1v) is 6.01. The summed E-state index contributed by atoms with van der Waals surface area (Å²) in [4.78, 5) is 1.54. The van der Waals surface area contributed by atoms with Gasteiger partial charge in [-0.2, -0.15) is 4.80 Å². The lowest BCUT2D eigenvalue weighted by molar-refractivity contribution is 0.417. The van der Waals surface area contributed by atoms with Crippen LogP contribution in [0.1, 0.15) is 0 Å². The maximum Gasteiger partial charge on any atom is 0.144 e. The minimum atomic E-state index is 0.540. The summed E-state index contributed by atoms with van der Waals surface area (Å²) in [6.07, 6.45) is 0. The van der Waals surface area contributed by atoms with Gasteiger partial charge >= 0.3 is 0 Å². The van der Waals surface area contributed by atoms with Crippen molar-refractivity contribution >= 4 is 28.3 Å². The molecule has 0 amide bonds. The van der Waals surface area contributed by atoms with E-state index in [1.807, 2.05) is 12.1 Å². The van der Waals surface area contributed by atoms with Gasteiger partial charge in [-0.25, -0.2) is 0 Å². The van der Waals surface area contributed by atoms with Crippen LogP contribution in [0.15, 0.2) is 36.4 Å². The summed E-state index contributed by atoms with van der Waals surface area (Å²) in [5.74, 6) is 0.593. The summed E-state index contributed by atoms with van der Waals surface area (Å²) in [6, 6.07) is 10.8. The molecule has 0 bridgehead atoms. The molecule has 0 aliphatic carbocycles. The molecule has 0 atom stereocenters. The highest BCUT2D eigenvalue weighted by Crippen LogP contribution is 2.26. The Kier molecular flexibility index (Phi) is 2.76. The van der Waals surface area contributed by atoms with Crippen molar-refractivity contribution in [2.45, 2.75) is 0 Å². The molecule has 0 unspecified atom stereocenters. The smallest absolute Gasteiger partial charge is 0.144 e. The number of fused-ring (bicyclic) bond motifs is 1. The number of ether oxygens (including phenoxy) is 1. The van der Waals surface area contributed by atoms with Gasteiger partial charge in [0.25, 0.3) is 0 Å². The SMILES string of the molecule is COc1cc2nn(-c3ccc(Cl)cc3)nc2cc1N. The molecule has 1 heterocycles. The number of halogens is 1. The van der Waals surface area contributed by atoms with Crippen molar-refractivity contribution in [3.05, 3.63) is 41.4 Å². The van der Waals surface area contributed by atoms with E-state index in [4.69, 9.17) is 22.1 Å². The average Bonchev–Trinajstić information content (AvgIpc) is 2.81. The molecular weight excluding hydrogens is 264 g/mol. The maximum absolute atomic E-state index is 5.86. The van der Waals surface area contributed by atoms with Gasteiger partial charge in [-0.1, -0.05) is 11.6 Å². The van der Waals surface area contributed by atoms with Crippen LogP contribution in [0, 0.1) is 0 Å². The number of benzene rings is 2. The number of hydrogen-bond donors (Lipinski definition) is 1. The summed E-state index contributed by atoms with van der Waals surface area (Å²) in [7, 11) is 1.57. The Morgan fingerprint density at radius 2 is 1.74 bits per heavy atom. The van der Waals surface area contributed by atoms with Crippen LogP contribution in [0.2, 0.25) is 5.02 Å². The Balaban J connectivity index is 2.13. The van der Waals surface area contributed by atoms with E-state index in [0.717, 1.165) is 11.2 Å². The molecule has 0 aliphatic rings. The zero-order valence-corrected chi connectivity index (χ0v) is 10.9. The summed E-state index contributed by atoms with van der Waals surface area (Å²) < 4.78 is 5.16. The second-order valence-electron chi connectivity index (χ2n) is 4.05. The van der Waals surface area contributed by atoms with E-state index in [1.165, 1.54) is 0 Å². The van der Waals surface area contributed by atoms with Gasteiger partial charge in [0.2, 0.25) is 0 Å². The molecule has 6 heteroatoms. The third-order valence-electron chi connectivity index (χ3n) is 2.79. The number of rotatable bonds is 2. The number of nitrogens with zero attached hydrogens (tertiary/aromatic N) is 3. The number of anilines is 1. The Morgan fingerprint density at radius 3 is 2.37 bits per heavy atom. The molecule has 0 aliphatic heterocycles.